The molecular weight excluding hydrogens is 381 g/mol. The van der Waals surface area contributed by atoms with E-state index in [9.17, 15) is 13.2 Å². The number of nitrogens with zero attached hydrogens (tertiary/aromatic N) is 4. The molecule has 29 heavy (non-hydrogen) atoms. The molecule has 1 aromatic heterocycles. The molecule has 2 aromatic rings. The minimum Gasteiger partial charge on any atom is -0.493 e. The van der Waals surface area contributed by atoms with E-state index in [2.05, 4.69) is 27.0 Å². The molecule has 0 bridgehead atoms. The highest BCUT2D eigenvalue weighted by molar-refractivity contribution is 5.39. The number of anilines is 1. The van der Waals surface area contributed by atoms with Gasteiger partial charge in [-0.1, -0.05) is 12.1 Å². The van der Waals surface area contributed by atoms with Gasteiger partial charge in [0.05, 0.1) is 12.2 Å². The zero-order valence-electron chi connectivity index (χ0n) is 16.6. The van der Waals surface area contributed by atoms with E-state index >= 15 is 0 Å². The smallest absolute Gasteiger partial charge is 0.419 e. The van der Waals surface area contributed by atoms with Gasteiger partial charge in [0.1, 0.15) is 5.75 Å². The summed E-state index contributed by atoms with van der Waals surface area (Å²) in [5, 5.41) is 8.19. The van der Waals surface area contributed by atoms with Gasteiger partial charge in [0.15, 0.2) is 5.82 Å². The Morgan fingerprint density at radius 3 is 2.76 bits per heavy atom. The number of hydrogen-bond acceptors (Lipinski definition) is 5. The third-order valence-corrected chi connectivity index (χ3v) is 5.14. The number of ether oxygens (including phenoxy) is 1. The SMILES string of the molecule is CN(CCCCOc1ccccc1C(F)(F)F)CC1CCCN1c1cccnn1. The van der Waals surface area contributed by atoms with Crippen LogP contribution >= 0.6 is 0 Å². The normalized spacial score (nSPS) is 17.1. The van der Waals surface area contributed by atoms with Crippen molar-refractivity contribution < 1.29 is 17.9 Å². The number of hydrogen-bond donors (Lipinski definition) is 0. The van der Waals surface area contributed by atoms with Gasteiger partial charge in [-0.25, -0.2) is 0 Å². The number of likely N-dealkylation sites (N-methyl/N-ethyl adjacent to an activating group) is 1. The Labute approximate surface area is 169 Å². The lowest BCUT2D eigenvalue weighted by Gasteiger charge is -2.29. The predicted molar refractivity (Wildman–Crippen MR) is 106 cm³/mol. The van der Waals surface area contributed by atoms with Gasteiger partial charge in [0.25, 0.3) is 0 Å². The van der Waals surface area contributed by atoms with Gasteiger partial charge in [-0.2, -0.15) is 18.3 Å². The van der Waals surface area contributed by atoms with Crippen molar-refractivity contribution in [1.82, 2.24) is 15.1 Å². The van der Waals surface area contributed by atoms with Crippen LogP contribution in [0, 0.1) is 0 Å². The highest BCUT2D eigenvalue weighted by Crippen LogP contribution is 2.35. The average molecular weight is 408 g/mol. The maximum Gasteiger partial charge on any atom is 0.419 e. The van der Waals surface area contributed by atoms with Gasteiger partial charge in [0, 0.05) is 25.3 Å². The molecule has 2 heterocycles. The van der Waals surface area contributed by atoms with E-state index in [1.54, 1.807) is 12.3 Å². The van der Waals surface area contributed by atoms with E-state index in [1.165, 1.54) is 12.1 Å². The molecule has 1 saturated heterocycles. The molecule has 0 spiro atoms. The lowest BCUT2D eigenvalue weighted by Crippen LogP contribution is -2.39. The molecule has 0 N–H and O–H groups in total. The first-order valence-corrected chi connectivity index (χ1v) is 9.97. The maximum atomic E-state index is 13.0. The molecule has 0 amide bonds. The Balaban J connectivity index is 1.39. The first-order valence-electron chi connectivity index (χ1n) is 9.97. The first-order chi connectivity index (χ1) is 13.9. The summed E-state index contributed by atoms with van der Waals surface area (Å²) in [6.45, 7) is 3.06. The molecule has 1 aliphatic heterocycles. The molecule has 0 aliphatic carbocycles. The van der Waals surface area contributed by atoms with Crippen LogP contribution in [0.1, 0.15) is 31.2 Å². The molecule has 5 nitrogen and oxygen atoms in total. The quantitative estimate of drug-likeness (QED) is 0.580. The molecule has 1 atom stereocenters. The van der Waals surface area contributed by atoms with E-state index < -0.39 is 11.7 Å². The summed E-state index contributed by atoms with van der Waals surface area (Å²) in [5.41, 5.74) is -0.720. The maximum absolute atomic E-state index is 13.0. The topological polar surface area (TPSA) is 41.5 Å². The summed E-state index contributed by atoms with van der Waals surface area (Å²) in [7, 11) is 2.08. The number of benzene rings is 1. The Kier molecular flexibility index (Phi) is 7.30. The van der Waals surface area contributed by atoms with Crippen molar-refractivity contribution in [2.45, 2.75) is 37.9 Å². The molecule has 0 radical (unpaired) electrons. The fraction of sp³-hybridized carbons (Fsp3) is 0.524. The Bertz CT molecular complexity index is 757. The Morgan fingerprint density at radius 2 is 2.00 bits per heavy atom. The van der Waals surface area contributed by atoms with Crippen LogP contribution in [0.4, 0.5) is 19.0 Å². The second kappa shape index (κ2) is 9.91. The number of aromatic nitrogens is 2. The standard InChI is InChI=1S/C21H27F3N4O/c1-27(16-17-8-7-14-28(17)20-11-6-12-25-26-20)13-4-5-15-29-19-10-3-2-9-18(19)21(22,23)24/h2-3,6,9-12,17H,4-5,7-8,13-16H2,1H3. The van der Waals surface area contributed by atoms with Crippen LogP contribution in [0.3, 0.4) is 0 Å². The average Bonchev–Trinajstić information content (AvgIpc) is 3.16. The van der Waals surface area contributed by atoms with Crippen molar-refractivity contribution in [2.24, 2.45) is 0 Å². The van der Waals surface area contributed by atoms with Gasteiger partial charge >= 0.3 is 6.18 Å². The summed E-state index contributed by atoms with van der Waals surface area (Å²) in [5.74, 6) is 0.819. The lowest BCUT2D eigenvalue weighted by molar-refractivity contribution is -0.138. The van der Waals surface area contributed by atoms with Crippen LogP contribution in [0.5, 0.6) is 5.75 Å². The van der Waals surface area contributed by atoms with Crippen LogP contribution < -0.4 is 9.64 Å². The molecule has 0 saturated carbocycles. The molecule has 1 aromatic carbocycles. The van der Waals surface area contributed by atoms with Gasteiger partial charge in [-0.05, 0) is 63.5 Å². The number of halogens is 3. The van der Waals surface area contributed by atoms with Gasteiger partial charge in [-0.3, -0.25) is 0 Å². The number of alkyl halides is 3. The van der Waals surface area contributed by atoms with E-state index in [0.717, 1.165) is 50.8 Å². The third-order valence-electron chi connectivity index (χ3n) is 5.14. The molecule has 158 valence electrons. The van der Waals surface area contributed by atoms with E-state index in [4.69, 9.17) is 4.74 Å². The number of rotatable bonds is 9. The molecule has 1 fully saturated rings. The second-order valence-electron chi connectivity index (χ2n) is 7.38. The molecule has 1 aliphatic rings. The fourth-order valence-electron chi connectivity index (χ4n) is 3.72. The Hall–Kier alpha value is -2.35. The van der Waals surface area contributed by atoms with Crippen LogP contribution in [0.15, 0.2) is 42.6 Å². The van der Waals surface area contributed by atoms with Crippen molar-refractivity contribution in [2.75, 3.05) is 38.2 Å². The molecule has 3 rings (SSSR count). The molecular formula is C21H27F3N4O. The summed E-state index contributed by atoms with van der Waals surface area (Å²) in [4.78, 5) is 4.57. The summed E-state index contributed by atoms with van der Waals surface area (Å²) in [6.07, 6.45) is 1.11. The minimum atomic E-state index is -4.40. The van der Waals surface area contributed by atoms with Crippen molar-refractivity contribution in [1.29, 1.82) is 0 Å². The lowest BCUT2D eigenvalue weighted by atomic mass is 10.2. The van der Waals surface area contributed by atoms with Crippen LogP contribution in [0.25, 0.3) is 0 Å². The summed E-state index contributed by atoms with van der Waals surface area (Å²) in [6, 6.07) is 9.65. The second-order valence-corrected chi connectivity index (χ2v) is 7.38. The summed E-state index contributed by atoms with van der Waals surface area (Å²) >= 11 is 0. The molecule has 8 heteroatoms. The van der Waals surface area contributed by atoms with E-state index in [-0.39, 0.29) is 12.4 Å². The zero-order chi connectivity index (χ0) is 20.7. The highest BCUT2D eigenvalue weighted by atomic mass is 19.4. The minimum absolute atomic E-state index is 0.0982. The van der Waals surface area contributed by atoms with Crippen molar-refractivity contribution >= 4 is 5.82 Å². The largest absolute Gasteiger partial charge is 0.493 e. The van der Waals surface area contributed by atoms with Gasteiger partial charge < -0.3 is 14.5 Å². The number of para-hydroxylation sites is 1. The van der Waals surface area contributed by atoms with E-state index in [0.29, 0.717) is 12.5 Å². The monoisotopic (exact) mass is 408 g/mol. The number of unbranched alkanes of at least 4 members (excludes halogenated alkanes) is 1. The van der Waals surface area contributed by atoms with Crippen molar-refractivity contribution in [3.63, 3.8) is 0 Å². The fourth-order valence-corrected chi connectivity index (χ4v) is 3.72. The first kappa shape index (κ1) is 21.4. The van der Waals surface area contributed by atoms with Crippen LogP contribution in [-0.2, 0) is 6.18 Å². The van der Waals surface area contributed by atoms with Crippen molar-refractivity contribution in [3.8, 4) is 5.75 Å². The van der Waals surface area contributed by atoms with Crippen LogP contribution in [-0.4, -0.2) is 54.4 Å². The van der Waals surface area contributed by atoms with E-state index in [1.807, 2.05) is 12.1 Å². The van der Waals surface area contributed by atoms with Gasteiger partial charge in [-0.15, -0.1) is 5.10 Å². The Morgan fingerprint density at radius 1 is 1.17 bits per heavy atom. The zero-order valence-corrected chi connectivity index (χ0v) is 16.6. The highest BCUT2D eigenvalue weighted by Gasteiger charge is 2.34. The third kappa shape index (κ3) is 6.06. The molecule has 1 unspecified atom stereocenters. The summed E-state index contributed by atoms with van der Waals surface area (Å²) < 4.78 is 44.3. The van der Waals surface area contributed by atoms with Crippen molar-refractivity contribution in [3.05, 3.63) is 48.2 Å². The predicted octanol–water partition coefficient (Wildman–Crippen LogP) is 4.26. The van der Waals surface area contributed by atoms with Crippen LogP contribution in [0.2, 0.25) is 0 Å². The van der Waals surface area contributed by atoms with Gasteiger partial charge in [0.2, 0.25) is 0 Å².